The fourth-order valence-corrected chi connectivity index (χ4v) is 3.93. The van der Waals surface area contributed by atoms with Gasteiger partial charge in [0.2, 0.25) is 0 Å². The van der Waals surface area contributed by atoms with Gasteiger partial charge in [-0.05, 0) is 31.1 Å². The predicted octanol–water partition coefficient (Wildman–Crippen LogP) is 2.09. The molecule has 2 heterocycles. The lowest BCUT2D eigenvalue weighted by atomic mass is 10.0. The fraction of sp³-hybridized carbons (Fsp3) is 0.375. The van der Waals surface area contributed by atoms with Crippen molar-refractivity contribution in [1.29, 1.82) is 0 Å². The Bertz CT molecular complexity index is 776. The van der Waals surface area contributed by atoms with Crippen molar-refractivity contribution < 1.29 is 9.59 Å². The molecule has 23 heavy (non-hydrogen) atoms. The minimum atomic E-state index is -0.989. The summed E-state index contributed by atoms with van der Waals surface area (Å²) >= 11 is 2.68. The summed E-state index contributed by atoms with van der Waals surface area (Å²) in [6.07, 6.45) is 5.99. The molecule has 3 N–H and O–H groups in total. The fourth-order valence-electron chi connectivity index (χ4n) is 2.76. The van der Waals surface area contributed by atoms with Gasteiger partial charge in [0.05, 0.1) is 0 Å². The second kappa shape index (κ2) is 5.79. The Hall–Kier alpha value is -1.60. The van der Waals surface area contributed by atoms with Crippen LogP contribution in [0, 0.1) is 0 Å². The van der Waals surface area contributed by atoms with Gasteiger partial charge in [-0.3, -0.25) is 9.59 Å². The number of H-pyrrole nitrogens is 1. The second-order valence-electron chi connectivity index (χ2n) is 5.71. The van der Waals surface area contributed by atoms with Gasteiger partial charge in [0, 0.05) is 23.5 Å². The zero-order valence-corrected chi connectivity index (χ0v) is 14.9. The van der Waals surface area contributed by atoms with Crippen LogP contribution in [0.1, 0.15) is 12.5 Å². The molecule has 2 unspecified atom stereocenters. The maximum absolute atomic E-state index is 12.8. The average Bonchev–Trinajstić information content (AvgIpc) is 2.95. The van der Waals surface area contributed by atoms with E-state index in [1.807, 2.05) is 43.0 Å². The zero-order valence-electron chi connectivity index (χ0n) is 13.2. The van der Waals surface area contributed by atoms with Gasteiger partial charge in [-0.2, -0.15) is 0 Å². The Labute approximate surface area is 143 Å². The van der Waals surface area contributed by atoms with E-state index in [2.05, 4.69) is 15.6 Å². The van der Waals surface area contributed by atoms with E-state index in [4.69, 9.17) is 0 Å². The molecular formula is C16H19N3O2S2. The summed E-state index contributed by atoms with van der Waals surface area (Å²) in [5, 5.41) is 6.90. The lowest BCUT2D eigenvalue weighted by Gasteiger charge is -2.42. The van der Waals surface area contributed by atoms with E-state index in [9.17, 15) is 9.59 Å². The van der Waals surface area contributed by atoms with Crippen LogP contribution in [0.5, 0.6) is 0 Å². The smallest absolute Gasteiger partial charge is 0.258 e. The highest BCUT2D eigenvalue weighted by molar-refractivity contribution is 8.01. The van der Waals surface area contributed by atoms with Crippen molar-refractivity contribution in [3.63, 3.8) is 0 Å². The van der Waals surface area contributed by atoms with E-state index >= 15 is 0 Å². The van der Waals surface area contributed by atoms with Gasteiger partial charge in [-0.25, -0.2) is 0 Å². The molecule has 0 saturated carbocycles. The molecule has 1 fully saturated rings. The number of para-hydroxylation sites is 1. The lowest BCUT2D eigenvalue weighted by Crippen LogP contribution is -2.72. The summed E-state index contributed by atoms with van der Waals surface area (Å²) in [6.45, 7) is 1.72. The van der Waals surface area contributed by atoms with Gasteiger partial charge in [0.1, 0.15) is 0 Å². The molecule has 1 aromatic heterocycles. The van der Waals surface area contributed by atoms with Crippen LogP contribution in [0.2, 0.25) is 0 Å². The van der Waals surface area contributed by atoms with Gasteiger partial charge >= 0.3 is 0 Å². The summed E-state index contributed by atoms with van der Waals surface area (Å²) < 4.78 is 0. The number of aromatic amines is 1. The number of hydrogen-bond donors (Lipinski definition) is 3. The van der Waals surface area contributed by atoms with Crippen LogP contribution in [-0.2, 0) is 16.0 Å². The van der Waals surface area contributed by atoms with Crippen molar-refractivity contribution >= 4 is 46.2 Å². The molecule has 0 spiro atoms. The molecule has 1 aromatic carbocycles. The van der Waals surface area contributed by atoms with Crippen molar-refractivity contribution in [3.05, 3.63) is 36.0 Å². The topological polar surface area (TPSA) is 74.0 Å². The van der Waals surface area contributed by atoms with Crippen LogP contribution < -0.4 is 10.6 Å². The molecule has 122 valence electrons. The van der Waals surface area contributed by atoms with Crippen LogP contribution >= 0.6 is 23.5 Å². The monoisotopic (exact) mass is 349 g/mol. The summed E-state index contributed by atoms with van der Waals surface area (Å²) in [5.41, 5.74) is 2.04. The number of hydrogen-bond acceptors (Lipinski definition) is 4. The maximum Gasteiger partial charge on any atom is 0.258 e. The molecular weight excluding hydrogens is 330 g/mol. The highest BCUT2D eigenvalue weighted by atomic mass is 32.2. The minimum absolute atomic E-state index is 0.160. The molecule has 0 bridgehead atoms. The lowest BCUT2D eigenvalue weighted by molar-refractivity contribution is -0.138. The van der Waals surface area contributed by atoms with E-state index < -0.39 is 9.74 Å². The summed E-state index contributed by atoms with van der Waals surface area (Å²) in [7, 11) is 0. The summed E-state index contributed by atoms with van der Waals surface area (Å²) in [5.74, 6) is -0.328. The number of aromatic nitrogens is 1. The minimum Gasteiger partial charge on any atom is -0.361 e. The maximum atomic E-state index is 12.8. The van der Waals surface area contributed by atoms with Crippen molar-refractivity contribution in [2.45, 2.75) is 23.1 Å². The third-order valence-electron chi connectivity index (χ3n) is 4.34. The normalized spacial score (nSPS) is 27.8. The molecule has 5 nitrogen and oxygen atoms in total. The van der Waals surface area contributed by atoms with Crippen LogP contribution in [0.4, 0.5) is 0 Å². The Morgan fingerprint density at radius 1 is 1.04 bits per heavy atom. The number of carbonyl (C=O) groups excluding carboxylic acids is 2. The highest BCUT2D eigenvalue weighted by Gasteiger charge is 2.51. The van der Waals surface area contributed by atoms with E-state index in [1.165, 1.54) is 23.5 Å². The number of benzene rings is 1. The Morgan fingerprint density at radius 2 is 1.78 bits per heavy atom. The van der Waals surface area contributed by atoms with E-state index in [0.717, 1.165) is 16.5 Å². The first kappa shape index (κ1) is 16.3. The summed E-state index contributed by atoms with van der Waals surface area (Å²) in [6, 6.07) is 7.94. The number of piperazine rings is 1. The van der Waals surface area contributed by atoms with Gasteiger partial charge in [0.15, 0.2) is 9.74 Å². The first-order valence-corrected chi connectivity index (χ1v) is 9.69. The van der Waals surface area contributed by atoms with Crippen molar-refractivity contribution in [1.82, 2.24) is 15.6 Å². The molecule has 1 aliphatic heterocycles. The molecule has 2 atom stereocenters. The van der Waals surface area contributed by atoms with Gasteiger partial charge < -0.3 is 15.6 Å². The number of fused-ring (bicyclic) bond motifs is 1. The first-order valence-electron chi connectivity index (χ1n) is 7.24. The van der Waals surface area contributed by atoms with Gasteiger partial charge in [-0.15, -0.1) is 23.5 Å². The molecule has 2 aromatic rings. The molecule has 2 amide bonds. The number of carbonyl (C=O) groups is 2. The standard InChI is InChI=1S/C16H19N3O2S2/c1-15(22-2)13(20)19-16(23-3,14(21)18-15)8-10-9-17-12-7-5-4-6-11(10)12/h4-7,9,17H,8H2,1-3H3,(H,18,21)(H,19,20). The quantitative estimate of drug-likeness (QED) is 0.790. The molecule has 1 saturated heterocycles. The van der Waals surface area contributed by atoms with E-state index in [-0.39, 0.29) is 11.8 Å². The third-order valence-corrected chi connectivity index (χ3v) is 6.57. The molecule has 7 heteroatoms. The number of amides is 2. The van der Waals surface area contributed by atoms with Crippen molar-refractivity contribution in [2.24, 2.45) is 0 Å². The first-order chi connectivity index (χ1) is 10.9. The number of thioether (sulfide) groups is 2. The van der Waals surface area contributed by atoms with Crippen LogP contribution in [0.25, 0.3) is 10.9 Å². The van der Waals surface area contributed by atoms with Crippen LogP contribution in [-0.4, -0.2) is 39.1 Å². The molecule has 0 aliphatic carbocycles. The summed E-state index contributed by atoms with van der Waals surface area (Å²) in [4.78, 5) is 26.6. The predicted molar refractivity (Wildman–Crippen MR) is 96.5 cm³/mol. The van der Waals surface area contributed by atoms with Crippen LogP contribution in [0.15, 0.2) is 30.5 Å². The van der Waals surface area contributed by atoms with Gasteiger partial charge in [-0.1, -0.05) is 18.2 Å². The van der Waals surface area contributed by atoms with E-state index in [0.29, 0.717) is 6.42 Å². The zero-order chi connectivity index (χ0) is 16.7. The second-order valence-corrected chi connectivity index (χ2v) is 8.04. The highest BCUT2D eigenvalue weighted by Crippen LogP contribution is 2.34. The van der Waals surface area contributed by atoms with Crippen LogP contribution in [0.3, 0.4) is 0 Å². The van der Waals surface area contributed by atoms with Gasteiger partial charge in [0.25, 0.3) is 11.8 Å². The Kier molecular flexibility index (Phi) is 4.10. The molecule has 3 rings (SSSR count). The molecule has 0 radical (unpaired) electrons. The molecule has 1 aliphatic rings. The third kappa shape index (κ3) is 2.61. The Morgan fingerprint density at radius 3 is 2.48 bits per heavy atom. The van der Waals surface area contributed by atoms with Crippen molar-refractivity contribution in [3.8, 4) is 0 Å². The average molecular weight is 349 g/mol. The SMILES string of the molecule is CSC1(C)NC(=O)C(Cc2c[nH]c3ccccc23)(SC)NC1=O. The number of nitrogens with one attached hydrogen (secondary N) is 3. The largest absolute Gasteiger partial charge is 0.361 e. The Balaban J connectivity index is 1.96. The number of rotatable bonds is 4. The van der Waals surface area contributed by atoms with E-state index in [1.54, 1.807) is 6.92 Å². The van der Waals surface area contributed by atoms with Crippen molar-refractivity contribution in [2.75, 3.05) is 12.5 Å².